The molecular weight excluding hydrogens is 428 g/mol. The largest absolute Gasteiger partial charge is 0.481 e. The van der Waals surface area contributed by atoms with E-state index in [1.54, 1.807) is 19.4 Å². The summed E-state index contributed by atoms with van der Waals surface area (Å²) in [5, 5.41) is 15.3. The maximum Gasteiger partial charge on any atom is 0.230 e. The first-order chi connectivity index (χ1) is 15.5. The third-order valence-electron chi connectivity index (χ3n) is 6.01. The molecule has 1 saturated carbocycles. The molecule has 1 aliphatic carbocycles. The minimum absolute atomic E-state index is 0.465. The van der Waals surface area contributed by atoms with E-state index < -0.39 is 11.4 Å². The molecule has 1 aliphatic heterocycles. The number of nitrogens with one attached hydrogen (secondary N) is 1. The van der Waals surface area contributed by atoms with Gasteiger partial charge in [-0.2, -0.15) is 4.98 Å². The van der Waals surface area contributed by atoms with Crippen LogP contribution in [0.5, 0.6) is 5.88 Å². The molecule has 2 aliphatic rings. The van der Waals surface area contributed by atoms with Crippen LogP contribution < -0.4 is 10.1 Å². The summed E-state index contributed by atoms with van der Waals surface area (Å²) in [5.74, 6) is 0.456. The van der Waals surface area contributed by atoms with Crippen molar-refractivity contribution < 1.29 is 19.3 Å². The number of anilines is 2. The highest BCUT2D eigenvalue weighted by Gasteiger charge is 2.47. The Balaban J connectivity index is 1.35. The summed E-state index contributed by atoms with van der Waals surface area (Å²) in [5.41, 5.74) is 2.05. The van der Waals surface area contributed by atoms with Gasteiger partial charge in [0.1, 0.15) is 10.6 Å². The third-order valence-corrected chi connectivity index (χ3v) is 7.25. The van der Waals surface area contributed by atoms with Crippen molar-refractivity contribution in [3.05, 3.63) is 47.2 Å². The fourth-order valence-corrected chi connectivity index (χ4v) is 5.36. The zero-order chi connectivity index (χ0) is 22.2. The predicted octanol–water partition coefficient (Wildman–Crippen LogP) is 4.17. The Bertz CT molecular complexity index is 1100. The minimum atomic E-state index is -0.942. The molecule has 1 saturated heterocycles. The van der Waals surface area contributed by atoms with Gasteiger partial charge in [0.05, 0.1) is 25.2 Å². The number of nitrogens with zero attached hydrogens (tertiary/aromatic N) is 3. The van der Waals surface area contributed by atoms with Gasteiger partial charge in [0, 0.05) is 37.0 Å². The van der Waals surface area contributed by atoms with Crippen LogP contribution >= 0.6 is 11.3 Å². The molecule has 32 heavy (non-hydrogen) atoms. The van der Waals surface area contributed by atoms with E-state index in [1.807, 2.05) is 25.3 Å². The number of aryl methyl sites for hydroxylation is 1. The topological polar surface area (TPSA) is 98.6 Å². The Kier molecular flexibility index (Phi) is 5.58. The maximum atomic E-state index is 11.3. The lowest BCUT2D eigenvalue weighted by Gasteiger charge is -2.39. The van der Waals surface area contributed by atoms with Crippen LogP contribution in [0.3, 0.4) is 0 Å². The van der Waals surface area contributed by atoms with Gasteiger partial charge in [0.15, 0.2) is 5.79 Å². The molecule has 2 fully saturated rings. The molecule has 1 spiro atoms. The lowest BCUT2D eigenvalue weighted by Crippen LogP contribution is -2.42. The van der Waals surface area contributed by atoms with E-state index in [0.717, 1.165) is 26.7 Å². The lowest BCUT2D eigenvalue weighted by molar-refractivity contribution is -0.204. The monoisotopic (exact) mass is 454 g/mol. The van der Waals surface area contributed by atoms with Crippen LogP contribution in [0.25, 0.3) is 10.4 Å². The average molecular weight is 455 g/mol. The summed E-state index contributed by atoms with van der Waals surface area (Å²) in [6, 6.07) is 7.88. The van der Waals surface area contributed by atoms with Gasteiger partial charge >= 0.3 is 0 Å². The number of benzene rings is 1. The summed E-state index contributed by atoms with van der Waals surface area (Å²) >= 11 is 1.53. The molecule has 0 radical (unpaired) electrons. The molecule has 3 aromatic rings. The zero-order valence-corrected chi connectivity index (χ0v) is 18.9. The first kappa shape index (κ1) is 21.3. The van der Waals surface area contributed by atoms with Crippen LogP contribution in [0.4, 0.5) is 11.6 Å². The van der Waals surface area contributed by atoms with Crippen LogP contribution in [-0.2, 0) is 15.1 Å². The number of methoxy groups -OCH3 is 1. The van der Waals surface area contributed by atoms with Crippen molar-refractivity contribution in [3.63, 3.8) is 0 Å². The number of hydrogen-bond acceptors (Lipinski definition) is 9. The molecule has 3 heterocycles. The highest BCUT2D eigenvalue weighted by Crippen LogP contribution is 2.46. The molecule has 0 atom stereocenters. The van der Waals surface area contributed by atoms with Gasteiger partial charge in [-0.15, -0.1) is 11.3 Å². The highest BCUT2D eigenvalue weighted by molar-refractivity contribution is 7.15. The minimum Gasteiger partial charge on any atom is -0.481 e. The van der Waals surface area contributed by atoms with Crippen LogP contribution in [0.15, 0.2) is 36.7 Å². The second kappa shape index (κ2) is 8.40. The normalized spacial score (nSPS) is 19.2. The molecule has 0 bridgehead atoms. The molecular formula is C23H26N4O4S. The van der Waals surface area contributed by atoms with Gasteiger partial charge in [-0.25, -0.2) is 9.97 Å². The molecule has 2 aromatic heterocycles. The van der Waals surface area contributed by atoms with Gasteiger partial charge in [-0.1, -0.05) is 6.07 Å². The smallest absolute Gasteiger partial charge is 0.230 e. The number of ether oxygens (including phenoxy) is 3. The van der Waals surface area contributed by atoms with Crippen molar-refractivity contribution in [2.45, 2.75) is 44.0 Å². The summed E-state index contributed by atoms with van der Waals surface area (Å²) in [6.45, 7) is 3.30. The quantitative estimate of drug-likeness (QED) is 0.593. The number of hydrogen-bond donors (Lipinski definition) is 2. The van der Waals surface area contributed by atoms with Crippen LogP contribution in [0, 0.1) is 6.92 Å². The number of thiazole rings is 1. The van der Waals surface area contributed by atoms with Gasteiger partial charge in [0.25, 0.3) is 0 Å². The fourth-order valence-electron chi connectivity index (χ4n) is 4.31. The van der Waals surface area contributed by atoms with Gasteiger partial charge < -0.3 is 24.6 Å². The summed E-state index contributed by atoms with van der Waals surface area (Å²) in [4.78, 5) is 14.2. The Morgan fingerprint density at radius 3 is 2.62 bits per heavy atom. The van der Waals surface area contributed by atoms with E-state index in [9.17, 15) is 5.11 Å². The molecule has 0 unspecified atom stereocenters. The number of aliphatic hydroxyl groups is 1. The van der Waals surface area contributed by atoms with Crippen molar-refractivity contribution in [1.29, 1.82) is 0 Å². The predicted molar refractivity (Wildman–Crippen MR) is 121 cm³/mol. The number of rotatable bonds is 5. The molecule has 8 nitrogen and oxygen atoms in total. The van der Waals surface area contributed by atoms with Crippen molar-refractivity contribution in [2.75, 3.05) is 25.6 Å². The van der Waals surface area contributed by atoms with Crippen molar-refractivity contribution in [3.8, 4) is 16.3 Å². The van der Waals surface area contributed by atoms with Gasteiger partial charge in [0.2, 0.25) is 11.8 Å². The first-order valence-electron chi connectivity index (χ1n) is 10.7. The van der Waals surface area contributed by atoms with Crippen molar-refractivity contribution in [1.82, 2.24) is 15.0 Å². The van der Waals surface area contributed by atoms with E-state index in [1.165, 1.54) is 11.3 Å². The SMILES string of the molecule is COc1ccnc(Nc2cc(C)cc(-c3cnc(C4(O)CCC5(CC4)OCCO5)s3)c2)n1. The maximum absolute atomic E-state index is 11.3. The Morgan fingerprint density at radius 2 is 1.88 bits per heavy atom. The zero-order valence-electron chi connectivity index (χ0n) is 18.1. The van der Waals surface area contributed by atoms with Gasteiger partial charge in [-0.05, 0) is 43.0 Å². The molecule has 9 heteroatoms. The molecule has 5 rings (SSSR count). The summed E-state index contributed by atoms with van der Waals surface area (Å²) < 4.78 is 16.8. The molecule has 1 aromatic carbocycles. The van der Waals surface area contributed by atoms with E-state index in [2.05, 4.69) is 26.3 Å². The first-order valence-corrected chi connectivity index (χ1v) is 11.5. The molecule has 2 N–H and O–H groups in total. The van der Waals surface area contributed by atoms with Crippen LogP contribution in [-0.4, -0.2) is 46.2 Å². The van der Waals surface area contributed by atoms with E-state index in [-0.39, 0.29) is 0 Å². The summed E-state index contributed by atoms with van der Waals surface area (Å²) in [6.07, 6.45) is 6.00. The van der Waals surface area contributed by atoms with E-state index in [0.29, 0.717) is 50.7 Å². The summed E-state index contributed by atoms with van der Waals surface area (Å²) in [7, 11) is 1.58. The Morgan fingerprint density at radius 1 is 1.09 bits per heavy atom. The standard InChI is InChI=1S/C23H26N4O4S/c1-15-11-16(13-17(12-15)26-21-24-8-3-19(27-21)29-2)18-14-25-20(32-18)22(28)4-6-23(7-5-22)30-9-10-31-23/h3,8,11-14,28H,4-7,9-10H2,1-2H3,(H,24,26,27). The van der Waals surface area contributed by atoms with Gasteiger partial charge in [-0.3, -0.25) is 0 Å². The lowest BCUT2D eigenvalue weighted by atomic mass is 9.82. The van der Waals surface area contributed by atoms with Crippen LogP contribution in [0.1, 0.15) is 36.3 Å². The molecule has 168 valence electrons. The van der Waals surface area contributed by atoms with Crippen LogP contribution in [0.2, 0.25) is 0 Å². The second-order valence-corrected chi connectivity index (χ2v) is 9.33. The molecule has 0 amide bonds. The second-order valence-electron chi connectivity index (χ2n) is 8.30. The average Bonchev–Trinajstić information content (AvgIpc) is 3.47. The fraction of sp³-hybridized carbons (Fsp3) is 0.435. The highest BCUT2D eigenvalue weighted by atomic mass is 32.1. The number of aromatic nitrogens is 3. The van der Waals surface area contributed by atoms with E-state index >= 15 is 0 Å². The van der Waals surface area contributed by atoms with Crippen molar-refractivity contribution in [2.24, 2.45) is 0 Å². The Labute approximate surface area is 190 Å². The van der Waals surface area contributed by atoms with Crippen molar-refractivity contribution >= 4 is 23.0 Å². The van der Waals surface area contributed by atoms with E-state index in [4.69, 9.17) is 14.2 Å². The Hall–Kier alpha value is -2.59. The third kappa shape index (κ3) is 4.21.